The van der Waals surface area contributed by atoms with Crippen molar-refractivity contribution in [3.63, 3.8) is 0 Å². The molecular weight excluding hydrogens is 302 g/mol. The van der Waals surface area contributed by atoms with Crippen LogP contribution in [0.3, 0.4) is 0 Å². The van der Waals surface area contributed by atoms with E-state index in [4.69, 9.17) is 0 Å². The molecule has 0 bridgehead atoms. The lowest BCUT2D eigenvalue weighted by Crippen LogP contribution is -2.34. The SMILES string of the molecule is O=C(NCc1ccc(C(F)(F)F)cc1F)[C@H]1CCC[C@H](O)C1. The van der Waals surface area contributed by atoms with Gasteiger partial charge in [-0.25, -0.2) is 4.39 Å². The van der Waals surface area contributed by atoms with Crippen LogP contribution in [-0.2, 0) is 17.5 Å². The van der Waals surface area contributed by atoms with Crippen molar-refractivity contribution in [2.45, 2.75) is 44.5 Å². The van der Waals surface area contributed by atoms with E-state index in [9.17, 15) is 27.5 Å². The smallest absolute Gasteiger partial charge is 0.393 e. The number of aliphatic hydroxyl groups excluding tert-OH is 1. The molecule has 1 fully saturated rings. The molecule has 0 unspecified atom stereocenters. The molecule has 1 aliphatic rings. The highest BCUT2D eigenvalue weighted by atomic mass is 19.4. The molecule has 0 heterocycles. The Balaban J connectivity index is 1.95. The number of hydrogen-bond donors (Lipinski definition) is 2. The van der Waals surface area contributed by atoms with Crippen LogP contribution in [0.25, 0.3) is 0 Å². The molecule has 1 saturated carbocycles. The number of nitrogens with one attached hydrogen (secondary N) is 1. The normalized spacial score (nSPS) is 22.4. The second-order valence-corrected chi connectivity index (χ2v) is 5.54. The van der Waals surface area contributed by atoms with Crippen LogP contribution < -0.4 is 5.32 Å². The molecule has 2 atom stereocenters. The lowest BCUT2D eigenvalue weighted by molar-refractivity contribution is -0.137. The number of amides is 1. The van der Waals surface area contributed by atoms with Crippen LogP contribution in [0.2, 0.25) is 0 Å². The third-order valence-corrected chi connectivity index (χ3v) is 3.85. The maximum atomic E-state index is 13.6. The van der Waals surface area contributed by atoms with Gasteiger partial charge in [-0.15, -0.1) is 0 Å². The molecule has 0 radical (unpaired) electrons. The third-order valence-electron chi connectivity index (χ3n) is 3.85. The minimum Gasteiger partial charge on any atom is -0.393 e. The van der Waals surface area contributed by atoms with Gasteiger partial charge in [0.1, 0.15) is 5.82 Å². The maximum Gasteiger partial charge on any atom is 0.416 e. The van der Waals surface area contributed by atoms with E-state index in [1.54, 1.807) is 0 Å². The van der Waals surface area contributed by atoms with Gasteiger partial charge in [0.25, 0.3) is 0 Å². The first kappa shape index (κ1) is 16.7. The molecule has 0 aliphatic heterocycles. The predicted molar refractivity (Wildman–Crippen MR) is 71.2 cm³/mol. The van der Waals surface area contributed by atoms with Crippen LogP contribution in [0, 0.1) is 11.7 Å². The summed E-state index contributed by atoms with van der Waals surface area (Å²) in [4.78, 5) is 11.9. The molecule has 1 aliphatic carbocycles. The Morgan fingerprint density at radius 2 is 2.05 bits per heavy atom. The van der Waals surface area contributed by atoms with E-state index >= 15 is 0 Å². The van der Waals surface area contributed by atoms with Gasteiger partial charge in [-0.05, 0) is 31.4 Å². The van der Waals surface area contributed by atoms with Gasteiger partial charge in [0.2, 0.25) is 5.91 Å². The standard InChI is InChI=1S/C15H17F4NO2/c16-13-7-11(15(17,18)19)5-4-10(13)8-20-14(22)9-2-1-3-12(21)6-9/h4-5,7,9,12,21H,1-3,6,8H2,(H,20,22)/t9-,12-/m0/s1. The van der Waals surface area contributed by atoms with Crippen LogP contribution in [0.4, 0.5) is 17.6 Å². The molecule has 0 spiro atoms. The fraction of sp³-hybridized carbons (Fsp3) is 0.533. The van der Waals surface area contributed by atoms with Crippen molar-refractivity contribution >= 4 is 5.91 Å². The van der Waals surface area contributed by atoms with Gasteiger partial charge in [0, 0.05) is 18.0 Å². The molecule has 1 aromatic carbocycles. The summed E-state index contributed by atoms with van der Waals surface area (Å²) in [6.45, 7) is -0.171. The third kappa shape index (κ3) is 4.19. The minimum atomic E-state index is -4.60. The highest BCUT2D eigenvalue weighted by molar-refractivity contribution is 5.78. The van der Waals surface area contributed by atoms with Crippen molar-refractivity contribution < 1.29 is 27.5 Å². The topological polar surface area (TPSA) is 49.3 Å². The monoisotopic (exact) mass is 319 g/mol. The van der Waals surface area contributed by atoms with E-state index in [2.05, 4.69) is 5.32 Å². The summed E-state index contributed by atoms with van der Waals surface area (Å²) < 4.78 is 50.9. The van der Waals surface area contributed by atoms with Gasteiger partial charge in [0.05, 0.1) is 11.7 Å². The van der Waals surface area contributed by atoms with Gasteiger partial charge >= 0.3 is 6.18 Å². The first-order valence-electron chi connectivity index (χ1n) is 7.09. The lowest BCUT2D eigenvalue weighted by Gasteiger charge is -2.25. The van der Waals surface area contributed by atoms with Crippen molar-refractivity contribution in [1.82, 2.24) is 5.32 Å². The first-order chi connectivity index (χ1) is 10.3. The predicted octanol–water partition coefficient (Wildman–Crippen LogP) is 3.01. The Kier molecular flexibility index (Phi) is 5.05. The quantitative estimate of drug-likeness (QED) is 0.842. The molecule has 7 heteroatoms. The molecule has 3 nitrogen and oxygen atoms in total. The van der Waals surface area contributed by atoms with Crippen LogP contribution >= 0.6 is 0 Å². The van der Waals surface area contributed by atoms with Gasteiger partial charge in [0.15, 0.2) is 0 Å². The summed E-state index contributed by atoms with van der Waals surface area (Å²) in [6, 6.07) is 2.23. The fourth-order valence-electron chi connectivity index (χ4n) is 2.60. The maximum absolute atomic E-state index is 13.6. The highest BCUT2D eigenvalue weighted by Gasteiger charge is 2.31. The number of halogens is 4. The zero-order chi connectivity index (χ0) is 16.3. The van der Waals surface area contributed by atoms with Crippen LogP contribution in [0.5, 0.6) is 0 Å². The van der Waals surface area contributed by atoms with E-state index < -0.39 is 23.7 Å². The summed E-state index contributed by atoms with van der Waals surface area (Å²) in [5, 5.41) is 12.0. The zero-order valence-electron chi connectivity index (χ0n) is 11.8. The zero-order valence-corrected chi connectivity index (χ0v) is 11.8. The average molecular weight is 319 g/mol. The molecule has 122 valence electrons. The number of hydrogen-bond acceptors (Lipinski definition) is 2. The van der Waals surface area contributed by atoms with E-state index in [0.717, 1.165) is 18.6 Å². The molecule has 0 saturated heterocycles. The summed E-state index contributed by atoms with van der Waals surface area (Å²) in [7, 11) is 0. The van der Waals surface area contributed by atoms with Crippen molar-refractivity contribution in [2.24, 2.45) is 5.92 Å². The van der Waals surface area contributed by atoms with E-state index in [1.165, 1.54) is 0 Å². The summed E-state index contributed by atoms with van der Waals surface area (Å²) in [5.41, 5.74) is -1.06. The van der Waals surface area contributed by atoms with Crippen molar-refractivity contribution in [3.8, 4) is 0 Å². The Morgan fingerprint density at radius 3 is 2.64 bits per heavy atom. The number of aliphatic hydroxyl groups is 1. The van der Waals surface area contributed by atoms with Gasteiger partial charge in [-0.2, -0.15) is 13.2 Å². The molecule has 22 heavy (non-hydrogen) atoms. The molecule has 0 aromatic heterocycles. The second kappa shape index (κ2) is 6.64. The average Bonchev–Trinajstić information content (AvgIpc) is 2.44. The number of benzene rings is 1. The van der Waals surface area contributed by atoms with E-state index in [-0.39, 0.29) is 23.9 Å². The Bertz CT molecular complexity index is 545. The summed E-state index contributed by atoms with van der Waals surface area (Å²) in [5.74, 6) is -1.64. The summed E-state index contributed by atoms with van der Waals surface area (Å²) >= 11 is 0. The minimum absolute atomic E-state index is 0.00212. The van der Waals surface area contributed by atoms with Crippen molar-refractivity contribution in [2.75, 3.05) is 0 Å². The number of carbonyl (C=O) groups is 1. The number of carbonyl (C=O) groups excluding carboxylic acids is 1. The summed E-state index contributed by atoms with van der Waals surface area (Å²) in [6.07, 6.45) is -2.68. The van der Waals surface area contributed by atoms with Crippen LogP contribution in [-0.4, -0.2) is 17.1 Å². The lowest BCUT2D eigenvalue weighted by atomic mass is 9.86. The second-order valence-electron chi connectivity index (χ2n) is 5.54. The molecular formula is C15H17F4NO2. The van der Waals surface area contributed by atoms with Crippen LogP contribution in [0.1, 0.15) is 36.8 Å². The van der Waals surface area contributed by atoms with Gasteiger partial charge in [-0.3, -0.25) is 4.79 Å². The van der Waals surface area contributed by atoms with Crippen LogP contribution in [0.15, 0.2) is 18.2 Å². The van der Waals surface area contributed by atoms with Crippen molar-refractivity contribution in [1.29, 1.82) is 0 Å². The largest absolute Gasteiger partial charge is 0.416 e. The van der Waals surface area contributed by atoms with E-state index in [0.29, 0.717) is 25.3 Å². The molecule has 1 aromatic rings. The first-order valence-corrected chi connectivity index (χ1v) is 7.09. The molecule has 2 rings (SSSR count). The Hall–Kier alpha value is -1.63. The Labute approximate surface area is 125 Å². The highest BCUT2D eigenvalue weighted by Crippen LogP contribution is 2.30. The fourth-order valence-corrected chi connectivity index (χ4v) is 2.60. The Morgan fingerprint density at radius 1 is 1.32 bits per heavy atom. The number of rotatable bonds is 3. The van der Waals surface area contributed by atoms with Gasteiger partial charge in [-0.1, -0.05) is 12.5 Å². The molecule has 1 amide bonds. The van der Waals surface area contributed by atoms with Crippen molar-refractivity contribution in [3.05, 3.63) is 35.1 Å². The van der Waals surface area contributed by atoms with E-state index in [1.807, 2.05) is 0 Å². The van der Waals surface area contributed by atoms with Gasteiger partial charge < -0.3 is 10.4 Å². The molecule has 2 N–H and O–H groups in total. The number of alkyl halides is 3.